The monoisotopic (exact) mass is 656 g/mol. The maximum atomic E-state index is 14.5. The molecule has 1 saturated heterocycles. The highest BCUT2D eigenvalue weighted by Gasteiger charge is 2.53. The summed E-state index contributed by atoms with van der Waals surface area (Å²) in [6.45, 7) is 9.60. The topological polar surface area (TPSA) is 198 Å². The average molecular weight is 657 g/mol. The largest absolute Gasteiger partial charge is 0.443 e. The zero-order chi connectivity index (χ0) is 35.1. The highest BCUT2D eigenvalue weighted by atomic mass is 16.6. The second-order valence-corrected chi connectivity index (χ2v) is 13.8. The molecule has 1 aliphatic heterocycles. The van der Waals surface area contributed by atoms with E-state index in [1.807, 2.05) is 48.5 Å². The van der Waals surface area contributed by atoms with Crippen LogP contribution in [0.25, 0.3) is 0 Å². The molecule has 0 bridgehead atoms. The zero-order valence-corrected chi connectivity index (χ0v) is 28.2. The molecule has 260 valence electrons. The molecule has 0 radical (unpaired) electrons. The predicted octanol–water partition coefficient (Wildman–Crippen LogP) is 1.87. The van der Waals surface area contributed by atoms with E-state index in [1.165, 1.54) is 6.92 Å². The fourth-order valence-corrected chi connectivity index (χ4v) is 5.69. The minimum Gasteiger partial charge on any atom is -0.443 e. The van der Waals surface area contributed by atoms with Crippen molar-refractivity contribution in [3.63, 3.8) is 0 Å². The van der Waals surface area contributed by atoms with Gasteiger partial charge >= 0.3 is 6.09 Å². The Morgan fingerprint density at radius 3 is 1.98 bits per heavy atom. The molecule has 0 saturated carbocycles. The normalized spacial score (nSPS) is 24.0. The van der Waals surface area contributed by atoms with Gasteiger partial charge in [-0.2, -0.15) is 4.90 Å². The van der Waals surface area contributed by atoms with Crippen molar-refractivity contribution < 1.29 is 39.2 Å². The molecule has 0 aliphatic carbocycles. The lowest BCUT2D eigenvalue weighted by atomic mass is 9.88. The number of nitrogens with zero attached hydrogens (tertiary/aromatic N) is 1. The molecule has 3 rings (SSSR count). The first-order valence-corrected chi connectivity index (χ1v) is 16.1. The second-order valence-electron chi connectivity index (χ2n) is 13.8. The van der Waals surface area contributed by atoms with Crippen LogP contribution in [0.3, 0.4) is 0 Å². The van der Waals surface area contributed by atoms with Crippen molar-refractivity contribution in [3.8, 4) is 0 Å². The van der Waals surface area contributed by atoms with E-state index in [4.69, 9.17) is 20.9 Å². The Kier molecular flexibility index (Phi) is 13.2. The number of hydrogen-bond donors (Lipinski definition) is 6. The molecule has 1 heterocycles. The third-order valence-electron chi connectivity index (χ3n) is 8.30. The van der Waals surface area contributed by atoms with E-state index in [1.54, 1.807) is 46.8 Å². The minimum atomic E-state index is -1.64. The van der Waals surface area contributed by atoms with E-state index in [-0.39, 0.29) is 19.4 Å². The Hall–Kier alpha value is -3.23. The predicted molar refractivity (Wildman–Crippen MR) is 177 cm³/mol. The Bertz CT molecular complexity index is 1320. The van der Waals surface area contributed by atoms with Crippen molar-refractivity contribution in [1.82, 2.24) is 10.2 Å². The number of nitrogens with one attached hydrogen (secondary N) is 1. The molecule has 47 heavy (non-hydrogen) atoms. The number of hydrogen-bond acceptors (Lipinski definition) is 11. The zero-order valence-electron chi connectivity index (χ0n) is 28.2. The molecule has 2 aromatic carbocycles. The van der Waals surface area contributed by atoms with E-state index < -0.39 is 77.6 Å². The maximum absolute atomic E-state index is 14.5. The van der Waals surface area contributed by atoms with Gasteiger partial charge in [-0.3, -0.25) is 14.9 Å². The summed E-state index contributed by atoms with van der Waals surface area (Å²) in [5.41, 5.74) is 11.1. The van der Waals surface area contributed by atoms with Gasteiger partial charge in [-0.15, -0.1) is 0 Å². The Morgan fingerprint density at radius 1 is 0.979 bits per heavy atom. The average Bonchev–Trinajstić information content (AvgIpc) is 3.22. The van der Waals surface area contributed by atoms with Gasteiger partial charge in [-0.25, -0.2) is 4.79 Å². The Labute approximate surface area is 277 Å². The third-order valence-corrected chi connectivity index (χ3v) is 8.30. The van der Waals surface area contributed by atoms with Crippen LogP contribution in [0.2, 0.25) is 0 Å². The van der Waals surface area contributed by atoms with Crippen LogP contribution in [0.1, 0.15) is 59.1 Å². The van der Waals surface area contributed by atoms with Crippen molar-refractivity contribution >= 4 is 17.9 Å². The van der Waals surface area contributed by atoms with Crippen molar-refractivity contribution in [2.24, 2.45) is 23.3 Å². The van der Waals surface area contributed by atoms with Crippen LogP contribution in [-0.4, -0.2) is 92.5 Å². The number of amides is 3. The van der Waals surface area contributed by atoms with Gasteiger partial charge in [0, 0.05) is 18.5 Å². The van der Waals surface area contributed by atoms with Crippen LogP contribution in [0.4, 0.5) is 4.79 Å². The molecule has 12 heteroatoms. The Balaban J connectivity index is 1.99. The fourth-order valence-electron chi connectivity index (χ4n) is 5.69. The molecular formula is C35H52N4O8. The van der Waals surface area contributed by atoms with E-state index in [2.05, 4.69) is 5.32 Å². The summed E-state index contributed by atoms with van der Waals surface area (Å²) in [4.78, 5) is 43.1. The summed E-state index contributed by atoms with van der Waals surface area (Å²) in [7, 11) is 0. The number of ether oxygens (including phenoxy) is 2. The van der Waals surface area contributed by atoms with Crippen molar-refractivity contribution in [2.75, 3.05) is 6.54 Å². The van der Waals surface area contributed by atoms with Gasteiger partial charge in [-0.1, -0.05) is 74.5 Å². The van der Waals surface area contributed by atoms with Gasteiger partial charge in [0.15, 0.2) is 0 Å². The SMILES string of the molecule is CC(C)[C@H](N[C@]1(C)O[C@H](CN)[C@@H](O)[C@H]1O)C(=O)N(C(=O)OC(C)(C)C)C(=O)[C@H](Cc1ccccc1)C[C@H](O)[C@@H](N)Cc1ccccc1. The molecule has 1 fully saturated rings. The first kappa shape index (κ1) is 38.2. The molecule has 8 atom stereocenters. The number of imide groups is 3. The van der Waals surface area contributed by atoms with Gasteiger partial charge in [0.1, 0.15) is 29.6 Å². The molecule has 1 aliphatic rings. The summed E-state index contributed by atoms with van der Waals surface area (Å²) in [5, 5.41) is 35.5. The molecule has 0 unspecified atom stereocenters. The summed E-state index contributed by atoms with van der Waals surface area (Å²) in [6, 6.07) is 16.5. The molecule has 0 spiro atoms. The number of carbonyl (C=O) groups is 3. The highest BCUT2D eigenvalue weighted by molar-refractivity contribution is 6.11. The molecule has 0 aromatic heterocycles. The number of aliphatic hydroxyl groups is 3. The Morgan fingerprint density at radius 2 is 1.51 bits per heavy atom. The van der Waals surface area contributed by atoms with E-state index in [9.17, 15) is 29.7 Å². The van der Waals surface area contributed by atoms with Crippen molar-refractivity contribution in [1.29, 1.82) is 0 Å². The summed E-state index contributed by atoms with van der Waals surface area (Å²) in [5.74, 6) is -3.39. The number of carbonyl (C=O) groups excluding carboxylic acids is 3. The van der Waals surface area contributed by atoms with Gasteiger partial charge in [0.2, 0.25) is 5.91 Å². The summed E-state index contributed by atoms with van der Waals surface area (Å²) < 4.78 is 11.4. The molecule has 3 amide bonds. The number of benzene rings is 2. The number of rotatable bonds is 13. The van der Waals surface area contributed by atoms with Crippen LogP contribution in [0.15, 0.2) is 60.7 Å². The standard InChI is InChI=1S/C35H52N4O8/c1-21(2)28(38-35(6)30(42)29(41)27(20-36)46-35)32(44)39(33(45)47-34(3,4)5)31(43)24(17-22-13-9-7-10-14-22)19-26(40)25(37)18-23-15-11-8-12-16-23/h7-16,21,24-30,38,40-42H,17-20,36-37H2,1-6H3/t24-,25+,26+,27-,28+,29-,30-,35-/m1/s1. The molecule has 12 nitrogen and oxygen atoms in total. The fraction of sp³-hybridized carbons (Fsp3) is 0.571. The van der Waals surface area contributed by atoms with Crippen LogP contribution < -0.4 is 16.8 Å². The first-order valence-electron chi connectivity index (χ1n) is 16.1. The summed E-state index contributed by atoms with van der Waals surface area (Å²) >= 11 is 0. The molecular weight excluding hydrogens is 604 g/mol. The third kappa shape index (κ3) is 10.1. The number of nitrogens with two attached hydrogens (primary N) is 2. The maximum Gasteiger partial charge on any atom is 0.424 e. The van der Waals surface area contributed by atoms with Crippen molar-refractivity contribution in [3.05, 3.63) is 71.8 Å². The minimum absolute atomic E-state index is 0.0891. The lowest BCUT2D eigenvalue weighted by Crippen LogP contribution is -2.63. The van der Waals surface area contributed by atoms with E-state index >= 15 is 0 Å². The van der Waals surface area contributed by atoms with Crippen LogP contribution in [-0.2, 0) is 31.9 Å². The van der Waals surface area contributed by atoms with Crippen LogP contribution >= 0.6 is 0 Å². The summed E-state index contributed by atoms with van der Waals surface area (Å²) in [6.07, 6.45) is -5.74. The second kappa shape index (κ2) is 16.2. The van der Waals surface area contributed by atoms with Gasteiger partial charge in [0.25, 0.3) is 5.91 Å². The first-order chi connectivity index (χ1) is 22.0. The van der Waals surface area contributed by atoms with E-state index in [0.29, 0.717) is 11.3 Å². The molecule has 2 aromatic rings. The van der Waals surface area contributed by atoms with Crippen LogP contribution in [0.5, 0.6) is 0 Å². The van der Waals surface area contributed by atoms with Gasteiger partial charge < -0.3 is 36.3 Å². The highest BCUT2D eigenvalue weighted by Crippen LogP contribution is 2.31. The molecule has 8 N–H and O–H groups in total. The lowest BCUT2D eigenvalue weighted by molar-refractivity contribution is -0.152. The van der Waals surface area contributed by atoms with Crippen molar-refractivity contribution in [2.45, 2.75) is 109 Å². The number of aliphatic hydroxyl groups excluding tert-OH is 3. The van der Waals surface area contributed by atoms with E-state index in [0.717, 1.165) is 11.1 Å². The van der Waals surface area contributed by atoms with Crippen LogP contribution in [0, 0.1) is 11.8 Å². The van der Waals surface area contributed by atoms with Gasteiger partial charge in [0.05, 0.1) is 12.1 Å². The van der Waals surface area contributed by atoms with Gasteiger partial charge in [-0.05, 0) is 64.0 Å². The lowest BCUT2D eigenvalue weighted by Gasteiger charge is -2.37. The smallest absolute Gasteiger partial charge is 0.424 e. The quantitative estimate of drug-likeness (QED) is 0.184.